The average Bonchev–Trinajstić information content (AvgIpc) is 2.28. The Hall–Kier alpha value is -1.88. The first-order chi connectivity index (χ1) is 7.66. The van der Waals surface area contributed by atoms with Crippen molar-refractivity contribution in [1.29, 1.82) is 0 Å². The number of hydrogen-bond donors (Lipinski definition) is 1. The number of halogens is 2. The fourth-order valence-electron chi connectivity index (χ4n) is 1.05. The van der Waals surface area contributed by atoms with E-state index in [9.17, 15) is 4.39 Å². The van der Waals surface area contributed by atoms with Gasteiger partial charge in [0.05, 0.1) is 0 Å². The number of hydrogen-bond acceptors (Lipinski definition) is 4. The molecule has 0 aliphatic rings. The van der Waals surface area contributed by atoms with Crippen LogP contribution >= 0.6 is 11.6 Å². The van der Waals surface area contributed by atoms with Gasteiger partial charge in [-0.05, 0) is 24.3 Å². The minimum atomic E-state index is -0.347. The second-order valence-electron chi connectivity index (χ2n) is 2.93. The monoisotopic (exact) mass is 239 g/mol. The maximum absolute atomic E-state index is 12.6. The third kappa shape index (κ3) is 2.20. The van der Waals surface area contributed by atoms with E-state index in [1.54, 1.807) is 0 Å². The molecule has 0 atom stereocenters. The van der Waals surface area contributed by atoms with E-state index in [0.29, 0.717) is 5.75 Å². The molecule has 0 aliphatic carbocycles. The highest BCUT2D eigenvalue weighted by Gasteiger charge is 2.08. The first kappa shape index (κ1) is 10.6. The Morgan fingerprint density at radius 3 is 2.56 bits per heavy atom. The van der Waals surface area contributed by atoms with Gasteiger partial charge in [-0.15, -0.1) is 0 Å². The summed E-state index contributed by atoms with van der Waals surface area (Å²) >= 11 is 5.83. The molecule has 0 saturated heterocycles. The standard InChI is InChI=1S/C10H7ClFN3O/c11-8-9(13)14-5-15-10(8)16-7-3-1-6(12)2-4-7/h1-5H,(H2,13,14,15). The van der Waals surface area contributed by atoms with Crippen LogP contribution < -0.4 is 10.5 Å². The molecule has 0 bridgehead atoms. The zero-order valence-electron chi connectivity index (χ0n) is 8.02. The quantitative estimate of drug-likeness (QED) is 0.875. The Morgan fingerprint density at radius 1 is 1.19 bits per heavy atom. The highest BCUT2D eigenvalue weighted by atomic mass is 35.5. The molecule has 0 spiro atoms. The number of nitrogen functional groups attached to an aromatic ring is 1. The molecule has 0 unspecified atom stereocenters. The molecule has 1 aromatic heterocycles. The van der Waals surface area contributed by atoms with Crippen molar-refractivity contribution in [3.63, 3.8) is 0 Å². The third-order valence-corrected chi connectivity index (χ3v) is 2.17. The van der Waals surface area contributed by atoms with Gasteiger partial charge in [0, 0.05) is 0 Å². The van der Waals surface area contributed by atoms with Crippen molar-refractivity contribution in [2.45, 2.75) is 0 Å². The zero-order chi connectivity index (χ0) is 11.5. The fraction of sp³-hybridized carbons (Fsp3) is 0. The predicted octanol–water partition coefficient (Wildman–Crippen LogP) is 2.64. The van der Waals surface area contributed by atoms with E-state index >= 15 is 0 Å². The predicted molar refractivity (Wildman–Crippen MR) is 57.9 cm³/mol. The molecule has 0 amide bonds. The summed E-state index contributed by atoms with van der Waals surface area (Å²) in [4.78, 5) is 7.51. The highest BCUT2D eigenvalue weighted by Crippen LogP contribution is 2.29. The third-order valence-electron chi connectivity index (χ3n) is 1.81. The molecule has 0 saturated carbocycles. The number of nitrogens with zero attached hydrogens (tertiary/aromatic N) is 2. The number of ether oxygens (including phenoxy) is 1. The Bertz CT molecular complexity index is 504. The first-order valence-corrected chi connectivity index (χ1v) is 4.74. The van der Waals surface area contributed by atoms with Gasteiger partial charge in [-0.2, -0.15) is 4.98 Å². The molecule has 16 heavy (non-hydrogen) atoms. The molecule has 2 rings (SSSR count). The van der Waals surface area contributed by atoms with Crippen LogP contribution in [0.1, 0.15) is 0 Å². The molecule has 1 aromatic carbocycles. The summed E-state index contributed by atoms with van der Waals surface area (Å²) in [5.74, 6) is 0.344. The lowest BCUT2D eigenvalue weighted by molar-refractivity contribution is 0.460. The second kappa shape index (κ2) is 4.32. The molecular formula is C10H7ClFN3O. The van der Waals surface area contributed by atoms with Crippen LogP contribution in [-0.2, 0) is 0 Å². The number of nitrogens with two attached hydrogens (primary N) is 1. The SMILES string of the molecule is Nc1ncnc(Oc2ccc(F)cc2)c1Cl. The smallest absolute Gasteiger partial charge is 0.243 e. The second-order valence-corrected chi connectivity index (χ2v) is 3.31. The van der Waals surface area contributed by atoms with Crippen LogP contribution in [0.5, 0.6) is 11.6 Å². The average molecular weight is 240 g/mol. The van der Waals surface area contributed by atoms with Crippen LogP contribution in [0, 0.1) is 5.82 Å². The Kier molecular flexibility index (Phi) is 2.87. The van der Waals surface area contributed by atoms with Crippen LogP contribution in [0.3, 0.4) is 0 Å². The van der Waals surface area contributed by atoms with Crippen LogP contribution in [0.2, 0.25) is 5.02 Å². The van der Waals surface area contributed by atoms with Gasteiger partial charge in [0.2, 0.25) is 5.88 Å². The van der Waals surface area contributed by atoms with Gasteiger partial charge in [-0.3, -0.25) is 0 Å². The lowest BCUT2D eigenvalue weighted by atomic mass is 10.3. The molecule has 2 N–H and O–H groups in total. The van der Waals surface area contributed by atoms with E-state index in [1.807, 2.05) is 0 Å². The summed E-state index contributed by atoms with van der Waals surface area (Å²) in [7, 11) is 0. The van der Waals surface area contributed by atoms with Crippen molar-refractivity contribution in [3.8, 4) is 11.6 Å². The Balaban J connectivity index is 2.27. The first-order valence-electron chi connectivity index (χ1n) is 4.36. The number of rotatable bonds is 2. The highest BCUT2D eigenvalue weighted by molar-refractivity contribution is 6.34. The molecule has 1 heterocycles. The van der Waals surface area contributed by atoms with Gasteiger partial charge in [0.1, 0.15) is 28.7 Å². The molecule has 82 valence electrons. The lowest BCUT2D eigenvalue weighted by Gasteiger charge is -2.06. The normalized spacial score (nSPS) is 10.1. The minimum Gasteiger partial charge on any atom is -0.437 e. The van der Waals surface area contributed by atoms with Crippen molar-refractivity contribution >= 4 is 17.4 Å². The van der Waals surface area contributed by atoms with Gasteiger partial charge in [-0.1, -0.05) is 11.6 Å². The lowest BCUT2D eigenvalue weighted by Crippen LogP contribution is -1.96. The van der Waals surface area contributed by atoms with Gasteiger partial charge in [-0.25, -0.2) is 9.37 Å². The van der Waals surface area contributed by atoms with E-state index in [1.165, 1.54) is 30.6 Å². The molecule has 4 nitrogen and oxygen atoms in total. The van der Waals surface area contributed by atoms with Gasteiger partial charge in [0.15, 0.2) is 0 Å². The van der Waals surface area contributed by atoms with Crippen molar-refractivity contribution in [2.75, 3.05) is 5.73 Å². The summed E-state index contributed by atoms with van der Waals surface area (Å²) in [6.07, 6.45) is 1.24. The van der Waals surface area contributed by atoms with Crippen LogP contribution in [-0.4, -0.2) is 9.97 Å². The van der Waals surface area contributed by atoms with Crippen LogP contribution in [0.15, 0.2) is 30.6 Å². The molecule has 6 heteroatoms. The Labute approximate surface area is 95.9 Å². The summed E-state index contributed by atoms with van der Waals surface area (Å²) in [6.45, 7) is 0. The van der Waals surface area contributed by atoms with Crippen molar-refractivity contribution in [2.24, 2.45) is 0 Å². The van der Waals surface area contributed by atoms with E-state index in [-0.39, 0.29) is 22.5 Å². The Morgan fingerprint density at radius 2 is 1.88 bits per heavy atom. The molecule has 2 aromatic rings. The fourth-order valence-corrected chi connectivity index (χ4v) is 1.19. The van der Waals surface area contributed by atoms with Gasteiger partial charge < -0.3 is 10.5 Å². The zero-order valence-corrected chi connectivity index (χ0v) is 8.78. The van der Waals surface area contributed by atoms with Gasteiger partial charge >= 0.3 is 0 Å². The maximum atomic E-state index is 12.6. The van der Waals surface area contributed by atoms with E-state index in [2.05, 4.69) is 9.97 Å². The maximum Gasteiger partial charge on any atom is 0.243 e. The van der Waals surface area contributed by atoms with Crippen LogP contribution in [0.4, 0.5) is 10.2 Å². The van der Waals surface area contributed by atoms with Crippen LogP contribution in [0.25, 0.3) is 0 Å². The number of anilines is 1. The summed E-state index contributed by atoms with van der Waals surface area (Å²) < 4.78 is 18.0. The molecule has 0 aliphatic heterocycles. The number of benzene rings is 1. The molecular weight excluding hydrogens is 233 g/mol. The number of aromatic nitrogens is 2. The van der Waals surface area contributed by atoms with Crippen molar-refractivity contribution < 1.29 is 9.13 Å². The van der Waals surface area contributed by atoms with E-state index < -0.39 is 0 Å². The van der Waals surface area contributed by atoms with Crippen molar-refractivity contribution in [3.05, 3.63) is 41.4 Å². The van der Waals surface area contributed by atoms with Crippen molar-refractivity contribution in [1.82, 2.24) is 9.97 Å². The molecule has 0 fully saturated rings. The molecule has 0 radical (unpaired) electrons. The largest absolute Gasteiger partial charge is 0.437 e. The van der Waals surface area contributed by atoms with E-state index in [4.69, 9.17) is 22.1 Å². The summed E-state index contributed by atoms with van der Waals surface area (Å²) in [6, 6.07) is 5.47. The minimum absolute atomic E-state index is 0.131. The topological polar surface area (TPSA) is 61.0 Å². The summed E-state index contributed by atoms with van der Waals surface area (Å²) in [5, 5.41) is 0.131. The summed E-state index contributed by atoms with van der Waals surface area (Å²) in [5.41, 5.74) is 5.48. The van der Waals surface area contributed by atoms with E-state index in [0.717, 1.165) is 0 Å². The van der Waals surface area contributed by atoms with Gasteiger partial charge in [0.25, 0.3) is 0 Å².